The van der Waals surface area contributed by atoms with Crippen LogP contribution in [0.25, 0.3) is 0 Å². The Balaban J connectivity index is 1.76. The highest BCUT2D eigenvalue weighted by molar-refractivity contribution is 8.00. The number of hydrogen-bond acceptors (Lipinski definition) is 4. The standard InChI is InChI=1S/C20H24N2O3S/c1-14(26-19-10-6-17(7-11-19)22-15(2)23)20(24)21-13-12-16-4-8-18(25-3)9-5-16/h4-11,14H,12-13H2,1-3H3,(H,21,24)(H,22,23). The molecule has 0 saturated carbocycles. The first kappa shape index (κ1) is 19.8. The summed E-state index contributed by atoms with van der Waals surface area (Å²) in [6.45, 7) is 3.95. The van der Waals surface area contributed by atoms with Gasteiger partial charge in [0.05, 0.1) is 12.4 Å². The normalized spacial score (nSPS) is 11.5. The second-order valence-corrected chi connectivity index (χ2v) is 7.27. The molecule has 2 aromatic carbocycles. The van der Waals surface area contributed by atoms with Crippen LogP contribution in [0.2, 0.25) is 0 Å². The second kappa shape index (κ2) is 9.87. The van der Waals surface area contributed by atoms with Crippen LogP contribution < -0.4 is 15.4 Å². The molecular formula is C20H24N2O3S. The summed E-state index contributed by atoms with van der Waals surface area (Å²) in [5.41, 5.74) is 1.90. The van der Waals surface area contributed by atoms with Crippen LogP contribution in [0.5, 0.6) is 5.75 Å². The van der Waals surface area contributed by atoms with Gasteiger partial charge in [-0.05, 0) is 55.3 Å². The van der Waals surface area contributed by atoms with E-state index in [4.69, 9.17) is 4.74 Å². The number of thioether (sulfide) groups is 1. The molecule has 0 aliphatic carbocycles. The Morgan fingerprint density at radius 1 is 1.08 bits per heavy atom. The van der Waals surface area contributed by atoms with Gasteiger partial charge in [0.15, 0.2) is 0 Å². The Morgan fingerprint density at radius 3 is 2.31 bits per heavy atom. The van der Waals surface area contributed by atoms with E-state index >= 15 is 0 Å². The van der Waals surface area contributed by atoms with E-state index in [9.17, 15) is 9.59 Å². The Kier molecular flexibility index (Phi) is 7.53. The van der Waals surface area contributed by atoms with Crippen LogP contribution in [0.1, 0.15) is 19.4 Å². The van der Waals surface area contributed by atoms with Gasteiger partial charge in [-0.2, -0.15) is 0 Å². The van der Waals surface area contributed by atoms with Crippen molar-refractivity contribution < 1.29 is 14.3 Å². The van der Waals surface area contributed by atoms with Crippen LogP contribution in [-0.2, 0) is 16.0 Å². The zero-order valence-electron chi connectivity index (χ0n) is 15.2. The van der Waals surface area contributed by atoms with E-state index in [1.165, 1.54) is 18.7 Å². The molecule has 0 spiro atoms. The summed E-state index contributed by atoms with van der Waals surface area (Å²) in [6.07, 6.45) is 0.776. The van der Waals surface area contributed by atoms with Gasteiger partial charge in [0.1, 0.15) is 5.75 Å². The van der Waals surface area contributed by atoms with Gasteiger partial charge in [-0.1, -0.05) is 12.1 Å². The molecule has 1 unspecified atom stereocenters. The van der Waals surface area contributed by atoms with E-state index in [0.29, 0.717) is 6.54 Å². The minimum atomic E-state index is -0.197. The largest absolute Gasteiger partial charge is 0.497 e. The van der Waals surface area contributed by atoms with E-state index in [-0.39, 0.29) is 17.1 Å². The average molecular weight is 372 g/mol. The number of benzene rings is 2. The van der Waals surface area contributed by atoms with Crippen molar-refractivity contribution in [3.8, 4) is 5.75 Å². The smallest absolute Gasteiger partial charge is 0.233 e. The van der Waals surface area contributed by atoms with Crippen molar-refractivity contribution in [3.05, 3.63) is 54.1 Å². The highest BCUT2D eigenvalue weighted by Crippen LogP contribution is 2.24. The molecule has 0 radical (unpaired) electrons. The molecule has 0 fully saturated rings. The maximum absolute atomic E-state index is 12.2. The lowest BCUT2D eigenvalue weighted by Crippen LogP contribution is -2.32. The topological polar surface area (TPSA) is 67.4 Å². The molecule has 0 aromatic heterocycles. The van der Waals surface area contributed by atoms with E-state index in [0.717, 1.165) is 28.3 Å². The molecule has 138 valence electrons. The molecule has 5 nitrogen and oxygen atoms in total. The van der Waals surface area contributed by atoms with Crippen molar-refractivity contribution in [1.82, 2.24) is 5.32 Å². The Morgan fingerprint density at radius 2 is 1.73 bits per heavy atom. The number of carbonyl (C=O) groups excluding carboxylic acids is 2. The summed E-state index contributed by atoms with van der Waals surface area (Å²) in [6, 6.07) is 15.3. The molecule has 0 aliphatic heterocycles. The molecule has 0 aliphatic rings. The number of anilines is 1. The lowest BCUT2D eigenvalue weighted by Gasteiger charge is -2.12. The molecule has 2 aromatic rings. The van der Waals surface area contributed by atoms with Crippen LogP contribution in [0.15, 0.2) is 53.4 Å². The number of carbonyl (C=O) groups is 2. The van der Waals surface area contributed by atoms with Gasteiger partial charge in [-0.3, -0.25) is 9.59 Å². The average Bonchev–Trinajstić information content (AvgIpc) is 2.63. The molecule has 2 amide bonds. The van der Waals surface area contributed by atoms with Crippen molar-refractivity contribution in [1.29, 1.82) is 0 Å². The maximum atomic E-state index is 12.2. The van der Waals surface area contributed by atoms with Crippen molar-refractivity contribution in [2.24, 2.45) is 0 Å². The number of rotatable bonds is 8. The summed E-state index contributed by atoms with van der Waals surface area (Å²) in [5.74, 6) is 0.733. The second-order valence-electron chi connectivity index (χ2n) is 5.85. The third kappa shape index (κ3) is 6.44. The fourth-order valence-electron chi connectivity index (χ4n) is 2.34. The van der Waals surface area contributed by atoms with Gasteiger partial charge >= 0.3 is 0 Å². The van der Waals surface area contributed by atoms with Crippen LogP contribution in [0, 0.1) is 0 Å². The van der Waals surface area contributed by atoms with E-state index in [1.807, 2.05) is 55.5 Å². The summed E-state index contributed by atoms with van der Waals surface area (Å²) in [5, 5.41) is 5.50. The lowest BCUT2D eigenvalue weighted by molar-refractivity contribution is -0.120. The zero-order valence-corrected chi connectivity index (χ0v) is 16.1. The molecule has 0 saturated heterocycles. The highest BCUT2D eigenvalue weighted by atomic mass is 32.2. The van der Waals surface area contributed by atoms with E-state index in [2.05, 4.69) is 10.6 Å². The number of amides is 2. The van der Waals surface area contributed by atoms with Crippen LogP contribution >= 0.6 is 11.8 Å². The summed E-state index contributed by atoms with van der Waals surface area (Å²) in [4.78, 5) is 24.2. The van der Waals surface area contributed by atoms with Gasteiger partial charge in [-0.15, -0.1) is 11.8 Å². The fourth-order valence-corrected chi connectivity index (χ4v) is 3.24. The first-order valence-electron chi connectivity index (χ1n) is 8.43. The summed E-state index contributed by atoms with van der Waals surface area (Å²) < 4.78 is 5.13. The van der Waals surface area contributed by atoms with E-state index in [1.54, 1.807) is 7.11 Å². The number of hydrogen-bond donors (Lipinski definition) is 2. The number of methoxy groups -OCH3 is 1. The predicted molar refractivity (Wildman–Crippen MR) is 106 cm³/mol. The van der Waals surface area contributed by atoms with Gasteiger partial charge in [0.2, 0.25) is 11.8 Å². The van der Waals surface area contributed by atoms with Gasteiger partial charge in [0, 0.05) is 24.1 Å². The first-order chi connectivity index (χ1) is 12.5. The van der Waals surface area contributed by atoms with Crippen LogP contribution in [-0.4, -0.2) is 30.7 Å². The van der Waals surface area contributed by atoms with Crippen molar-refractivity contribution in [2.75, 3.05) is 19.0 Å². The minimum absolute atomic E-state index is 0.00875. The molecule has 0 heterocycles. The van der Waals surface area contributed by atoms with Crippen LogP contribution in [0.4, 0.5) is 5.69 Å². The molecule has 26 heavy (non-hydrogen) atoms. The predicted octanol–water partition coefficient (Wildman–Crippen LogP) is 3.49. The SMILES string of the molecule is COc1ccc(CCNC(=O)C(C)Sc2ccc(NC(C)=O)cc2)cc1. The first-order valence-corrected chi connectivity index (χ1v) is 9.31. The molecule has 0 bridgehead atoms. The van der Waals surface area contributed by atoms with Crippen LogP contribution in [0.3, 0.4) is 0 Å². The summed E-state index contributed by atoms with van der Waals surface area (Å²) >= 11 is 1.49. The molecular weight excluding hydrogens is 348 g/mol. The van der Waals surface area contributed by atoms with Crippen molar-refractivity contribution in [2.45, 2.75) is 30.4 Å². The van der Waals surface area contributed by atoms with Crippen molar-refractivity contribution in [3.63, 3.8) is 0 Å². The Hall–Kier alpha value is -2.47. The Bertz CT molecular complexity index is 730. The molecule has 6 heteroatoms. The summed E-state index contributed by atoms with van der Waals surface area (Å²) in [7, 11) is 1.64. The molecule has 2 rings (SSSR count). The third-order valence-electron chi connectivity index (χ3n) is 3.73. The van der Waals surface area contributed by atoms with Crippen molar-refractivity contribution >= 4 is 29.3 Å². The minimum Gasteiger partial charge on any atom is -0.497 e. The van der Waals surface area contributed by atoms with Gasteiger partial charge < -0.3 is 15.4 Å². The Labute approximate surface area is 158 Å². The number of nitrogens with one attached hydrogen (secondary N) is 2. The third-order valence-corrected chi connectivity index (χ3v) is 4.84. The maximum Gasteiger partial charge on any atom is 0.233 e. The number of ether oxygens (including phenoxy) is 1. The quantitative estimate of drug-likeness (QED) is 0.696. The van der Waals surface area contributed by atoms with E-state index < -0.39 is 0 Å². The lowest BCUT2D eigenvalue weighted by atomic mass is 10.1. The zero-order chi connectivity index (χ0) is 18.9. The monoisotopic (exact) mass is 372 g/mol. The molecule has 2 N–H and O–H groups in total. The van der Waals surface area contributed by atoms with Gasteiger partial charge in [-0.25, -0.2) is 0 Å². The molecule has 1 atom stereocenters. The highest BCUT2D eigenvalue weighted by Gasteiger charge is 2.13. The van der Waals surface area contributed by atoms with Gasteiger partial charge in [0.25, 0.3) is 0 Å². The fraction of sp³-hybridized carbons (Fsp3) is 0.300.